The van der Waals surface area contributed by atoms with Gasteiger partial charge in [-0.2, -0.15) is 4.98 Å². The zero-order valence-corrected chi connectivity index (χ0v) is 12.8. The summed E-state index contributed by atoms with van der Waals surface area (Å²) in [7, 11) is 1.74. The molecule has 1 aliphatic rings. The van der Waals surface area contributed by atoms with Gasteiger partial charge in [0.25, 0.3) is 0 Å². The fraction of sp³-hybridized carbons (Fsp3) is 0.615. The van der Waals surface area contributed by atoms with Crippen molar-refractivity contribution in [3.63, 3.8) is 0 Å². The van der Waals surface area contributed by atoms with Gasteiger partial charge in [-0.25, -0.2) is 0 Å². The van der Waals surface area contributed by atoms with E-state index in [-0.39, 0.29) is 24.4 Å². The van der Waals surface area contributed by atoms with Gasteiger partial charge in [0.1, 0.15) is 6.04 Å². The van der Waals surface area contributed by atoms with Gasteiger partial charge < -0.3 is 9.42 Å². The summed E-state index contributed by atoms with van der Waals surface area (Å²) in [6, 6.07) is -0.230. The third-order valence-corrected chi connectivity index (χ3v) is 2.90. The first-order chi connectivity index (χ1) is 9.06. The molecule has 1 aromatic rings. The molecule has 1 unspecified atom stereocenters. The highest BCUT2D eigenvalue weighted by Crippen LogP contribution is 2.08. The topological polar surface area (TPSA) is 71.3 Å². The number of hydrogen-bond acceptors (Lipinski definition) is 5. The van der Waals surface area contributed by atoms with Gasteiger partial charge in [-0.05, 0) is 5.92 Å². The molecule has 1 atom stereocenters. The van der Waals surface area contributed by atoms with E-state index in [1.807, 2.05) is 12.2 Å². The van der Waals surface area contributed by atoms with Crippen LogP contribution in [-0.4, -0.2) is 40.6 Å². The number of aromatic nitrogens is 2. The Morgan fingerprint density at radius 2 is 2.35 bits per heavy atom. The largest absolute Gasteiger partial charge is 0.339 e. The second-order valence-electron chi connectivity index (χ2n) is 5.21. The Hall–Kier alpha value is -1.40. The minimum atomic E-state index is -0.230. The number of nitrogens with one attached hydrogen (secondary N) is 1. The molecule has 0 aromatic carbocycles. The van der Waals surface area contributed by atoms with E-state index in [1.165, 1.54) is 0 Å². The van der Waals surface area contributed by atoms with Crippen LogP contribution in [0.4, 0.5) is 0 Å². The van der Waals surface area contributed by atoms with Gasteiger partial charge in [-0.15, -0.1) is 12.4 Å². The molecular weight excluding hydrogens is 280 g/mol. The van der Waals surface area contributed by atoms with Gasteiger partial charge in [0, 0.05) is 20.0 Å². The smallest absolute Gasteiger partial charge is 0.243 e. The molecule has 2 rings (SSSR count). The third kappa shape index (κ3) is 4.31. The van der Waals surface area contributed by atoms with Crippen molar-refractivity contribution in [2.45, 2.75) is 32.9 Å². The molecule has 1 aliphatic heterocycles. The molecule has 20 heavy (non-hydrogen) atoms. The molecule has 0 spiro atoms. The van der Waals surface area contributed by atoms with Crippen LogP contribution in [0.1, 0.15) is 25.6 Å². The minimum absolute atomic E-state index is 0. The van der Waals surface area contributed by atoms with Crippen LogP contribution in [0.2, 0.25) is 0 Å². The van der Waals surface area contributed by atoms with Crippen molar-refractivity contribution in [2.24, 2.45) is 5.92 Å². The number of hydrogen-bond donors (Lipinski definition) is 1. The molecule has 0 radical (unpaired) electrons. The Kier molecular flexibility index (Phi) is 6.16. The molecule has 0 aliphatic carbocycles. The highest BCUT2D eigenvalue weighted by molar-refractivity contribution is 5.85. The predicted octanol–water partition coefficient (Wildman–Crippen LogP) is 1.18. The quantitative estimate of drug-likeness (QED) is 0.827. The van der Waals surface area contributed by atoms with Crippen molar-refractivity contribution in [2.75, 3.05) is 13.6 Å². The summed E-state index contributed by atoms with van der Waals surface area (Å²) in [6.45, 7) is 5.30. The van der Waals surface area contributed by atoms with Crippen LogP contribution in [0.3, 0.4) is 0 Å². The summed E-state index contributed by atoms with van der Waals surface area (Å²) >= 11 is 0. The maximum absolute atomic E-state index is 12.1. The zero-order valence-electron chi connectivity index (χ0n) is 12.0. The van der Waals surface area contributed by atoms with Crippen LogP contribution >= 0.6 is 12.4 Å². The summed E-state index contributed by atoms with van der Waals surface area (Å²) in [5.74, 6) is 1.67. The molecule has 1 aromatic heterocycles. The van der Waals surface area contributed by atoms with Crippen molar-refractivity contribution >= 4 is 18.3 Å². The number of carbonyl (C=O) groups excluding carboxylic acids is 1. The number of rotatable bonds is 5. The fourth-order valence-corrected chi connectivity index (χ4v) is 1.95. The van der Waals surface area contributed by atoms with E-state index in [0.717, 1.165) is 13.0 Å². The van der Waals surface area contributed by atoms with Gasteiger partial charge in [-0.3, -0.25) is 10.1 Å². The Balaban J connectivity index is 0.00000200. The maximum atomic E-state index is 12.1. The highest BCUT2D eigenvalue weighted by Gasteiger charge is 2.22. The van der Waals surface area contributed by atoms with Crippen LogP contribution in [0.25, 0.3) is 0 Å². The Morgan fingerprint density at radius 1 is 1.60 bits per heavy atom. The molecule has 6 nitrogen and oxygen atoms in total. The van der Waals surface area contributed by atoms with E-state index in [4.69, 9.17) is 4.52 Å². The van der Waals surface area contributed by atoms with E-state index in [0.29, 0.717) is 24.2 Å². The summed E-state index contributed by atoms with van der Waals surface area (Å²) in [5, 5.41) is 6.99. The molecule has 0 saturated heterocycles. The number of amides is 1. The van der Waals surface area contributed by atoms with E-state index in [1.54, 1.807) is 11.9 Å². The van der Waals surface area contributed by atoms with Crippen molar-refractivity contribution in [3.8, 4) is 0 Å². The molecular formula is C13H21ClN4O2. The predicted molar refractivity (Wildman–Crippen MR) is 77.5 cm³/mol. The highest BCUT2D eigenvalue weighted by atomic mass is 35.5. The second kappa shape index (κ2) is 7.40. The lowest BCUT2D eigenvalue weighted by Crippen LogP contribution is -2.41. The van der Waals surface area contributed by atoms with Crippen LogP contribution in [0.15, 0.2) is 16.7 Å². The molecule has 0 fully saturated rings. The van der Waals surface area contributed by atoms with Crippen LogP contribution in [0.5, 0.6) is 0 Å². The minimum Gasteiger partial charge on any atom is -0.339 e. The first kappa shape index (κ1) is 16.7. The Labute approximate surface area is 125 Å². The SMILES string of the molecule is CC(C)Cc1nc(CN(C)C(=O)C2C=CCN2)no1.Cl. The lowest BCUT2D eigenvalue weighted by molar-refractivity contribution is -0.131. The molecule has 0 bridgehead atoms. The average molecular weight is 301 g/mol. The van der Waals surface area contributed by atoms with E-state index in [2.05, 4.69) is 29.3 Å². The second-order valence-corrected chi connectivity index (χ2v) is 5.21. The lowest BCUT2D eigenvalue weighted by atomic mass is 10.1. The third-order valence-electron chi connectivity index (χ3n) is 2.90. The van der Waals surface area contributed by atoms with Crippen molar-refractivity contribution < 1.29 is 9.32 Å². The van der Waals surface area contributed by atoms with Gasteiger partial charge in [0.2, 0.25) is 11.8 Å². The van der Waals surface area contributed by atoms with Gasteiger partial charge >= 0.3 is 0 Å². The summed E-state index contributed by atoms with van der Waals surface area (Å²) in [4.78, 5) is 18.0. The normalized spacial score (nSPS) is 17.3. The number of nitrogens with zero attached hydrogens (tertiary/aromatic N) is 3. The van der Waals surface area contributed by atoms with Crippen LogP contribution in [0, 0.1) is 5.92 Å². The molecule has 7 heteroatoms. The van der Waals surface area contributed by atoms with Gasteiger partial charge in [-0.1, -0.05) is 31.2 Å². The van der Waals surface area contributed by atoms with E-state index >= 15 is 0 Å². The molecule has 1 N–H and O–H groups in total. The average Bonchev–Trinajstić information content (AvgIpc) is 2.98. The summed E-state index contributed by atoms with van der Waals surface area (Å²) in [5.41, 5.74) is 0. The van der Waals surface area contributed by atoms with Crippen molar-refractivity contribution in [1.29, 1.82) is 0 Å². The monoisotopic (exact) mass is 300 g/mol. The first-order valence-corrected chi connectivity index (χ1v) is 6.52. The first-order valence-electron chi connectivity index (χ1n) is 6.52. The van der Waals surface area contributed by atoms with Crippen LogP contribution < -0.4 is 5.32 Å². The maximum Gasteiger partial charge on any atom is 0.243 e. The molecule has 1 amide bonds. The zero-order chi connectivity index (χ0) is 13.8. The molecule has 112 valence electrons. The summed E-state index contributed by atoms with van der Waals surface area (Å²) < 4.78 is 5.15. The van der Waals surface area contributed by atoms with Crippen LogP contribution in [-0.2, 0) is 17.8 Å². The van der Waals surface area contributed by atoms with Crippen molar-refractivity contribution in [1.82, 2.24) is 20.4 Å². The standard InChI is InChI=1S/C13H20N4O2.ClH/c1-9(2)7-12-15-11(16-19-12)8-17(3)13(18)10-5-4-6-14-10;/h4-5,9-10,14H,6-8H2,1-3H3;1H. The number of carbonyl (C=O) groups is 1. The van der Waals surface area contributed by atoms with E-state index < -0.39 is 0 Å². The lowest BCUT2D eigenvalue weighted by Gasteiger charge is -2.18. The van der Waals surface area contributed by atoms with Gasteiger partial charge in [0.05, 0.1) is 6.54 Å². The summed E-state index contributed by atoms with van der Waals surface area (Å²) in [6.07, 6.45) is 4.59. The van der Waals surface area contributed by atoms with E-state index in [9.17, 15) is 4.79 Å². The number of halogens is 1. The van der Waals surface area contributed by atoms with Crippen molar-refractivity contribution in [3.05, 3.63) is 23.9 Å². The Bertz CT molecular complexity index is 473. The number of likely N-dealkylation sites (N-methyl/N-ethyl adjacent to an activating group) is 1. The fourth-order valence-electron chi connectivity index (χ4n) is 1.95. The van der Waals surface area contributed by atoms with Gasteiger partial charge in [0.15, 0.2) is 5.82 Å². The molecule has 0 saturated carbocycles. The molecule has 2 heterocycles. The Morgan fingerprint density at radius 3 is 2.95 bits per heavy atom.